The highest BCUT2D eigenvalue weighted by atomic mass is 14.5. The predicted octanol–water partition coefficient (Wildman–Crippen LogP) is 3.86. The van der Waals surface area contributed by atoms with Crippen LogP contribution in [0.5, 0.6) is 0 Å². The van der Waals surface area contributed by atoms with Crippen molar-refractivity contribution < 1.29 is 0 Å². The van der Waals surface area contributed by atoms with E-state index in [9.17, 15) is 0 Å². The van der Waals surface area contributed by atoms with Gasteiger partial charge in [0.1, 0.15) is 0 Å². The van der Waals surface area contributed by atoms with Crippen molar-refractivity contribution in [2.24, 2.45) is 5.73 Å². The molecule has 0 amide bonds. The Morgan fingerprint density at radius 2 is 1.69 bits per heavy atom. The molecule has 1 aromatic carbocycles. The van der Waals surface area contributed by atoms with Gasteiger partial charge in [-0.05, 0) is 30.4 Å². The molecule has 16 heavy (non-hydrogen) atoms. The maximum atomic E-state index is 5.56. The molecule has 2 N–H and O–H groups in total. The number of nitrogens with two attached hydrogens (primary N) is 1. The lowest BCUT2D eigenvalue weighted by molar-refractivity contribution is 0.690. The Kier molecular flexibility index (Phi) is 6.91. The fourth-order valence-electron chi connectivity index (χ4n) is 1.79. The van der Waals surface area contributed by atoms with Crippen LogP contribution < -0.4 is 5.73 Å². The standard InChI is InChI=1S/C15H24N/c1-2-3-4-5-6-7-8-14-9-11-15(13-16)12-10-14/h6,9-12H,2-5,7-8,13,16H2,1H3. The van der Waals surface area contributed by atoms with E-state index in [2.05, 4.69) is 37.6 Å². The largest absolute Gasteiger partial charge is 0.326 e. The Morgan fingerprint density at radius 1 is 1.00 bits per heavy atom. The smallest absolute Gasteiger partial charge is 0.0178 e. The molecule has 1 radical (unpaired) electrons. The summed E-state index contributed by atoms with van der Waals surface area (Å²) >= 11 is 0. The predicted molar refractivity (Wildman–Crippen MR) is 71.1 cm³/mol. The van der Waals surface area contributed by atoms with Crippen molar-refractivity contribution in [1.29, 1.82) is 0 Å². The molecule has 1 nitrogen and oxygen atoms in total. The molecule has 0 fully saturated rings. The van der Waals surface area contributed by atoms with E-state index < -0.39 is 0 Å². The maximum absolute atomic E-state index is 5.56. The highest BCUT2D eigenvalue weighted by Gasteiger charge is 1.95. The summed E-state index contributed by atoms with van der Waals surface area (Å²) in [5, 5.41) is 0. The zero-order valence-electron chi connectivity index (χ0n) is 10.4. The number of hydrogen-bond donors (Lipinski definition) is 1. The summed E-state index contributed by atoms with van der Waals surface area (Å²) in [6.07, 6.45) is 10.1. The van der Waals surface area contributed by atoms with Gasteiger partial charge in [0.05, 0.1) is 0 Å². The fourth-order valence-corrected chi connectivity index (χ4v) is 1.79. The van der Waals surface area contributed by atoms with Crippen LogP contribution in [0.2, 0.25) is 0 Å². The van der Waals surface area contributed by atoms with Gasteiger partial charge in [-0.25, -0.2) is 0 Å². The maximum Gasteiger partial charge on any atom is 0.0178 e. The van der Waals surface area contributed by atoms with Crippen molar-refractivity contribution in [1.82, 2.24) is 0 Å². The van der Waals surface area contributed by atoms with Gasteiger partial charge >= 0.3 is 0 Å². The zero-order valence-corrected chi connectivity index (χ0v) is 10.4. The number of aryl methyl sites for hydroxylation is 1. The third-order valence-corrected chi connectivity index (χ3v) is 2.91. The van der Waals surface area contributed by atoms with Crippen molar-refractivity contribution in [3.8, 4) is 0 Å². The van der Waals surface area contributed by atoms with E-state index in [1.165, 1.54) is 43.2 Å². The van der Waals surface area contributed by atoms with Crippen LogP contribution in [0.1, 0.15) is 50.2 Å². The van der Waals surface area contributed by atoms with Gasteiger partial charge in [-0.1, -0.05) is 56.9 Å². The van der Waals surface area contributed by atoms with Crippen molar-refractivity contribution in [2.75, 3.05) is 0 Å². The first-order valence-electron chi connectivity index (χ1n) is 6.46. The average molecular weight is 218 g/mol. The molecule has 0 bridgehead atoms. The molecular formula is C15H24N. The quantitative estimate of drug-likeness (QED) is 0.659. The van der Waals surface area contributed by atoms with Crippen LogP contribution in [0.3, 0.4) is 0 Å². The highest BCUT2D eigenvalue weighted by Crippen LogP contribution is 2.10. The van der Waals surface area contributed by atoms with Gasteiger partial charge in [-0.15, -0.1) is 0 Å². The van der Waals surface area contributed by atoms with E-state index in [1.54, 1.807) is 0 Å². The monoisotopic (exact) mass is 218 g/mol. The first-order chi connectivity index (χ1) is 7.86. The lowest BCUT2D eigenvalue weighted by Crippen LogP contribution is -1.96. The van der Waals surface area contributed by atoms with E-state index in [-0.39, 0.29) is 0 Å². The number of rotatable bonds is 8. The summed E-state index contributed by atoms with van der Waals surface area (Å²) < 4.78 is 0. The van der Waals surface area contributed by atoms with Crippen LogP contribution in [0.15, 0.2) is 24.3 Å². The normalized spacial score (nSPS) is 10.6. The SMILES string of the molecule is CCCCC[CH]CCc1ccc(CN)cc1. The minimum Gasteiger partial charge on any atom is -0.326 e. The molecule has 0 aromatic heterocycles. The van der Waals surface area contributed by atoms with Gasteiger partial charge in [-0.2, -0.15) is 0 Å². The molecule has 0 spiro atoms. The second-order valence-electron chi connectivity index (χ2n) is 4.34. The molecule has 0 atom stereocenters. The first kappa shape index (κ1) is 13.2. The van der Waals surface area contributed by atoms with Gasteiger partial charge in [0.2, 0.25) is 0 Å². The zero-order chi connectivity index (χ0) is 11.6. The lowest BCUT2D eigenvalue weighted by Gasteiger charge is -2.03. The van der Waals surface area contributed by atoms with E-state index in [0.717, 1.165) is 6.42 Å². The lowest BCUT2D eigenvalue weighted by atomic mass is 10.0. The van der Waals surface area contributed by atoms with Gasteiger partial charge in [0.25, 0.3) is 0 Å². The third kappa shape index (κ3) is 5.32. The van der Waals surface area contributed by atoms with Crippen LogP contribution in [-0.2, 0) is 13.0 Å². The van der Waals surface area contributed by atoms with E-state index in [1.807, 2.05) is 0 Å². The summed E-state index contributed by atoms with van der Waals surface area (Å²) in [5.41, 5.74) is 8.20. The molecule has 1 rings (SSSR count). The molecule has 0 saturated carbocycles. The first-order valence-corrected chi connectivity index (χ1v) is 6.46. The van der Waals surface area contributed by atoms with E-state index >= 15 is 0 Å². The van der Waals surface area contributed by atoms with E-state index in [4.69, 9.17) is 5.73 Å². The second kappa shape index (κ2) is 8.35. The summed E-state index contributed by atoms with van der Waals surface area (Å²) in [6.45, 7) is 2.89. The topological polar surface area (TPSA) is 26.0 Å². The van der Waals surface area contributed by atoms with Crippen LogP contribution in [0.4, 0.5) is 0 Å². The minimum absolute atomic E-state index is 0.642. The van der Waals surface area contributed by atoms with Crippen LogP contribution in [-0.4, -0.2) is 0 Å². The van der Waals surface area contributed by atoms with Crippen LogP contribution in [0, 0.1) is 6.42 Å². The molecule has 89 valence electrons. The Labute approximate surface area is 100 Å². The molecule has 0 aliphatic carbocycles. The fraction of sp³-hybridized carbons (Fsp3) is 0.533. The van der Waals surface area contributed by atoms with Gasteiger partial charge in [-0.3, -0.25) is 0 Å². The van der Waals surface area contributed by atoms with Gasteiger partial charge in [0.15, 0.2) is 0 Å². The summed E-state index contributed by atoms with van der Waals surface area (Å²) in [7, 11) is 0. The Balaban J connectivity index is 2.12. The Hall–Kier alpha value is -0.820. The number of hydrogen-bond acceptors (Lipinski definition) is 1. The minimum atomic E-state index is 0.642. The molecule has 0 aliphatic heterocycles. The number of benzene rings is 1. The molecule has 0 unspecified atom stereocenters. The second-order valence-corrected chi connectivity index (χ2v) is 4.34. The average Bonchev–Trinajstić information content (AvgIpc) is 2.34. The van der Waals surface area contributed by atoms with Gasteiger partial charge in [0, 0.05) is 6.54 Å². The third-order valence-electron chi connectivity index (χ3n) is 2.91. The molecule has 0 heterocycles. The molecular weight excluding hydrogens is 194 g/mol. The summed E-state index contributed by atoms with van der Waals surface area (Å²) in [6, 6.07) is 8.66. The van der Waals surface area contributed by atoms with Crippen LogP contribution >= 0.6 is 0 Å². The Bertz CT molecular complexity index is 263. The van der Waals surface area contributed by atoms with Crippen molar-refractivity contribution in [3.05, 3.63) is 41.8 Å². The van der Waals surface area contributed by atoms with Crippen LogP contribution in [0.25, 0.3) is 0 Å². The van der Waals surface area contributed by atoms with Gasteiger partial charge < -0.3 is 5.73 Å². The molecule has 0 aliphatic rings. The van der Waals surface area contributed by atoms with Crippen molar-refractivity contribution in [2.45, 2.75) is 52.0 Å². The summed E-state index contributed by atoms with van der Waals surface area (Å²) in [5.74, 6) is 0. The Morgan fingerprint density at radius 3 is 2.31 bits per heavy atom. The highest BCUT2D eigenvalue weighted by molar-refractivity contribution is 5.22. The van der Waals surface area contributed by atoms with Crippen molar-refractivity contribution in [3.63, 3.8) is 0 Å². The van der Waals surface area contributed by atoms with E-state index in [0.29, 0.717) is 6.54 Å². The molecule has 0 saturated heterocycles. The summed E-state index contributed by atoms with van der Waals surface area (Å²) in [4.78, 5) is 0. The molecule has 1 aromatic rings. The van der Waals surface area contributed by atoms with Crippen molar-refractivity contribution >= 4 is 0 Å². The molecule has 1 heteroatoms. The number of unbranched alkanes of at least 4 members (excludes halogenated alkanes) is 5.